The second-order valence-corrected chi connectivity index (χ2v) is 6.01. The minimum Gasteiger partial charge on any atom is -0.490 e. The third-order valence-electron chi connectivity index (χ3n) is 2.42. The largest absolute Gasteiger partial charge is 0.490 e. The molecule has 0 fully saturated rings. The summed E-state index contributed by atoms with van der Waals surface area (Å²) in [7, 11) is 0. The van der Waals surface area contributed by atoms with Crippen LogP contribution in [0, 0.1) is 11.7 Å². The third kappa shape index (κ3) is 5.23. The molecule has 0 aliphatic heterocycles. The van der Waals surface area contributed by atoms with Crippen LogP contribution >= 0.6 is 11.6 Å². The highest BCUT2D eigenvalue weighted by Crippen LogP contribution is 2.24. The van der Waals surface area contributed by atoms with Gasteiger partial charge < -0.3 is 10.1 Å². The highest BCUT2D eigenvalue weighted by Gasteiger charge is 2.13. The van der Waals surface area contributed by atoms with Crippen LogP contribution in [0.4, 0.5) is 4.39 Å². The van der Waals surface area contributed by atoms with Crippen LogP contribution < -0.4 is 10.1 Å². The second kappa shape index (κ2) is 6.39. The van der Waals surface area contributed by atoms with Gasteiger partial charge in [0.25, 0.3) is 0 Å². The molecule has 1 aromatic carbocycles. The van der Waals surface area contributed by atoms with Crippen LogP contribution in [0.3, 0.4) is 0 Å². The summed E-state index contributed by atoms with van der Waals surface area (Å²) in [5.74, 6) is 0.0165. The average Bonchev–Trinajstić information content (AvgIpc) is 2.27. The molecular weight excluding hydrogens is 253 g/mol. The fourth-order valence-corrected chi connectivity index (χ4v) is 1.53. The summed E-state index contributed by atoms with van der Waals surface area (Å²) in [4.78, 5) is 0. The molecule has 0 heterocycles. The number of halogens is 2. The molecule has 1 N–H and O–H groups in total. The van der Waals surface area contributed by atoms with E-state index >= 15 is 0 Å². The normalized spacial score (nSPS) is 13.4. The van der Waals surface area contributed by atoms with Gasteiger partial charge in [-0.1, -0.05) is 24.6 Å². The molecule has 0 saturated heterocycles. The third-order valence-corrected chi connectivity index (χ3v) is 2.71. The van der Waals surface area contributed by atoms with Crippen LogP contribution in [-0.4, -0.2) is 18.7 Å². The number of nitrogens with one attached hydrogen (secondary N) is 1. The standard InChI is InChI=1S/C14H21ClFNO/c1-10(8-17-14(2,3)4)9-18-12-7-5-6-11(15)13(12)16/h5-7,10,17H,8-9H2,1-4H3. The number of ether oxygens (including phenoxy) is 1. The first-order chi connectivity index (χ1) is 8.29. The molecule has 102 valence electrons. The van der Waals surface area contributed by atoms with Gasteiger partial charge in [-0.2, -0.15) is 0 Å². The average molecular weight is 274 g/mol. The van der Waals surface area contributed by atoms with E-state index in [0.29, 0.717) is 12.5 Å². The van der Waals surface area contributed by atoms with E-state index in [1.165, 1.54) is 6.07 Å². The van der Waals surface area contributed by atoms with Crippen molar-refractivity contribution in [3.8, 4) is 5.75 Å². The molecule has 1 aromatic rings. The summed E-state index contributed by atoms with van der Waals surface area (Å²) in [5.41, 5.74) is 0.0789. The Morgan fingerprint density at radius 3 is 2.67 bits per heavy atom. The van der Waals surface area contributed by atoms with Crippen LogP contribution in [0.1, 0.15) is 27.7 Å². The van der Waals surface area contributed by atoms with E-state index in [1.54, 1.807) is 12.1 Å². The van der Waals surface area contributed by atoms with E-state index in [-0.39, 0.29) is 16.3 Å². The van der Waals surface area contributed by atoms with Gasteiger partial charge in [0.2, 0.25) is 0 Å². The Kier molecular flexibility index (Phi) is 5.42. The number of rotatable bonds is 5. The van der Waals surface area contributed by atoms with Crippen LogP contribution in [0.25, 0.3) is 0 Å². The number of benzene rings is 1. The molecule has 0 amide bonds. The molecule has 0 radical (unpaired) electrons. The van der Waals surface area contributed by atoms with Crippen molar-refractivity contribution in [1.82, 2.24) is 5.32 Å². The monoisotopic (exact) mass is 273 g/mol. The smallest absolute Gasteiger partial charge is 0.183 e. The summed E-state index contributed by atoms with van der Waals surface area (Å²) in [5, 5.41) is 3.47. The van der Waals surface area contributed by atoms with Crippen molar-refractivity contribution >= 4 is 11.6 Å². The lowest BCUT2D eigenvalue weighted by Crippen LogP contribution is -2.39. The van der Waals surface area contributed by atoms with Gasteiger partial charge in [0.15, 0.2) is 11.6 Å². The Morgan fingerprint density at radius 2 is 2.06 bits per heavy atom. The molecule has 1 unspecified atom stereocenters. The van der Waals surface area contributed by atoms with E-state index in [4.69, 9.17) is 16.3 Å². The number of hydrogen-bond donors (Lipinski definition) is 1. The molecule has 1 atom stereocenters. The van der Waals surface area contributed by atoms with Crippen molar-refractivity contribution in [1.29, 1.82) is 0 Å². The Morgan fingerprint density at radius 1 is 1.39 bits per heavy atom. The van der Waals surface area contributed by atoms with Crippen LogP contribution in [0.5, 0.6) is 5.75 Å². The van der Waals surface area contributed by atoms with Crippen LogP contribution in [0.15, 0.2) is 18.2 Å². The van der Waals surface area contributed by atoms with Gasteiger partial charge in [-0.05, 0) is 32.9 Å². The number of hydrogen-bond acceptors (Lipinski definition) is 2. The first-order valence-corrected chi connectivity index (χ1v) is 6.49. The lowest BCUT2D eigenvalue weighted by Gasteiger charge is -2.23. The summed E-state index contributed by atoms with van der Waals surface area (Å²) in [6.45, 7) is 9.67. The van der Waals surface area contributed by atoms with Gasteiger partial charge in [0.1, 0.15) is 0 Å². The fourth-order valence-electron chi connectivity index (χ4n) is 1.37. The van der Waals surface area contributed by atoms with Crippen LogP contribution in [0.2, 0.25) is 5.02 Å². The zero-order valence-corrected chi connectivity index (χ0v) is 12.1. The summed E-state index contributed by atoms with van der Waals surface area (Å²) < 4.78 is 19.0. The molecule has 0 bridgehead atoms. The molecule has 0 saturated carbocycles. The van der Waals surface area contributed by atoms with Crippen molar-refractivity contribution in [3.05, 3.63) is 29.0 Å². The van der Waals surface area contributed by atoms with Crippen molar-refractivity contribution < 1.29 is 9.13 Å². The van der Waals surface area contributed by atoms with Gasteiger partial charge in [-0.25, -0.2) is 4.39 Å². The molecule has 0 aliphatic rings. The minimum absolute atomic E-state index is 0.0789. The van der Waals surface area contributed by atoms with Crippen molar-refractivity contribution in [2.75, 3.05) is 13.2 Å². The van der Waals surface area contributed by atoms with Crippen molar-refractivity contribution in [2.24, 2.45) is 5.92 Å². The van der Waals surface area contributed by atoms with E-state index in [0.717, 1.165) is 6.54 Å². The Balaban J connectivity index is 2.43. The Bertz CT molecular complexity index is 390. The Labute approximate surface area is 113 Å². The highest BCUT2D eigenvalue weighted by molar-refractivity contribution is 6.30. The summed E-state index contributed by atoms with van der Waals surface area (Å²) in [6.07, 6.45) is 0. The highest BCUT2D eigenvalue weighted by atomic mass is 35.5. The predicted molar refractivity (Wildman–Crippen MR) is 73.8 cm³/mol. The molecule has 4 heteroatoms. The van der Waals surface area contributed by atoms with E-state index in [1.807, 2.05) is 0 Å². The molecule has 18 heavy (non-hydrogen) atoms. The maximum atomic E-state index is 13.6. The zero-order valence-electron chi connectivity index (χ0n) is 11.4. The van der Waals surface area contributed by atoms with Gasteiger partial charge >= 0.3 is 0 Å². The minimum atomic E-state index is -0.491. The van der Waals surface area contributed by atoms with E-state index < -0.39 is 5.82 Å². The predicted octanol–water partition coefficient (Wildman–Crippen LogP) is 3.88. The maximum absolute atomic E-state index is 13.6. The van der Waals surface area contributed by atoms with Gasteiger partial charge in [-0.3, -0.25) is 0 Å². The molecule has 1 rings (SSSR count). The SMILES string of the molecule is CC(CNC(C)(C)C)COc1cccc(Cl)c1F. The summed E-state index contributed by atoms with van der Waals surface area (Å²) in [6, 6.07) is 4.78. The molecule has 0 spiro atoms. The lowest BCUT2D eigenvalue weighted by molar-refractivity contribution is 0.235. The Hall–Kier alpha value is -0.800. The van der Waals surface area contributed by atoms with Crippen molar-refractivity contribution in [3.63, 3.8) is 0 Å². The quantitative estimate of drug-likeness (QED) is 0.879. The van der Waals surface area contributed by atoms with Gasteiger partial charge in [-0.15, -0.1) is 0 Å². The van der Waals surface area contributed by atoms with Crippen LogP contribution in [-0.2, 0) is 0 Å². The summed E-state index contributed by atoms with van der Waals surface area (Å²) >= 11 is 5.68. The van der Waals surface area contributed by atoms with E-state index in [9.17, 15) is 4.39 Å². The first kappa shape index (κ1) is 15.3. The van der Waals surface area contributed by atoms with Gasteiger partial charge in [0.05, 0.1) is 11.6 Å². The first-order valence-electron chi connectivity index (χ1n) is 6.11. The zero-order chi connectivity index (χ0) is 13.8. The lowest BCUT2D eigenvalue weighted by atomic mass is 10.1. The van der Waals surface area contributed by atoms with Gasteiger partial charge in [0, 0.05) is 18.0 Å². The van der Waals surface area contributed by atoms with E-state index in [2.05, 4.69) is 33.0 Å². The topological polar surface area (TPSA) is 21.3 Å². The maximum Gasteiger partial charge on any atom is 0.183 e. The molecule has 0 aliphatic carbocycles. The molecule has 2 nitrogen and oxygen atoms in total. The van der Waals surface area contributed by atoms with Crippen molar-refractivity contribution in [2.45, 2.75) is 33.2 Å². The molecule has 0 aromatic heterocycles. The second-order valence-electron chi connectivity index (χ2n) is 5.60. The fraction of sp³-hybridized carbons (Fsp3) is 0.571. The molecular formula is C14H21ClFNO.